The van der Waals surface area contributed by atoms with E-state index >= 15 is 0 Å². The molecule has 1 aromatic rings. The molecule has 1 atom stereocenters. The molecule has 0 fully saturated rings. The summed E-state index contributed by atoms with van der Waals surface area (Å²) in [6.45, 7) is 10.9. The molecule has 1 N–H and O–H groups in total. The monoisotopic (exact) mass is 209 g/mol. The van der Waals surface area contributed by atoms with E-state index in [1.165, 1.54) is 5.82 Å². The highest BCUT2D eigenvalue weighted by molar-refractivity contribution is 4.91. The summed E-state index contributed by atoms with van der Waals surface area (Å²) in [5.74, 6) is 1.83. The third kappa shape index (κ3) is 4.04. The van der Waals surface area contributed by atoms with Crippen molar-refractivity contribution in [3.05, 3.63) is 18.2 Å². The number of aromatic nitrogens is 2. The number of hydrogen-bond donors (Lipinski definition) is 1. The highest BCUT2D eigenvalue weighted by Crippen LogP contribution is 2.04. The van der Waals surface area contributed by atoms with Gasteiger partial charge in [0.1, 0.15) is 5.82 Å². The van der Waals surface area contributed by atoms with Crippen LogP contribution in [0.25, 0.3) is 0 Å². The minimum atomic E-state index is 0.570. The van der Waals surface area contributed by atoms with E-state index in [1.54, 1.807) is 0 Å². The van der Waals surface area contributed by atoms with E-state index in [0.717, 1.165) is 19.5 Å². The van der Waals surface area contributed by atoms with E-state index in [0.29, 0.717) is 12.0 Å². The second-order valence-electron chi connectivity index (χ2n) is 4.52. The van der Waals surface area contributed by atoms with Crippen molar-refractivity contribution in [3.8, 4) is 0 Å². The van der Waals surface area contributed by atoms with Crippen molar-refractivity contribution in [3.63, 3.8) is 0 Å². The lowest BCUT2D eigenvalue weighted by Gasteiger charge is -2.16. The molecule has 0 saturated heterocycles. The minimum absolute atomic E-state index is 0.570. The molecule has 0 aromatic carbocycles. The number of nitrogens with one attached hydrogen (secondary N) is 1. The van der Waals surface area contributed by atoms with E-state index in [-0.39, 0.29) is 0 Å². The van der Waals surface area contributed by atoms with Crippen molar-refractivity contribution >= 4 is 0 Å². The average molecular weight is 209 g/mol. The van der Waals surface area contributed by atoms with Crippen LogP contribution in [0, 0.1) is 5.92 Å². The zero-order chi connectivity index (χ0) is 11.3. The first-order chi connectivity index (χ1) is 7.13. The fourth-order valence-electron chi connectivity index (χ4n) is 1.66. The summed E-state index contributed by atoms with van der Waals surface area (Å²) in [4.78, 5) is 4.33. The van der Waals surface area contributed by atoms with Crippen LogP contribution in [0.2, 0.25) is 0 Å². The number of imidazole rings is 1. The Morgan fingerprint density at radius 3 is 2.73 bits per heavy atom. The van der Waals surface area contributed by atoms with Gasteiger partial charge in [-0.1, -0.05) is 27.7 Å². The standard InChI is InChI=1S/C12H23N3/c1-5-12-13-6-7-15(12)9-11(4)8-14-10(2)3/h6-7,10-11,14H,5,8-9H2,1-4H3. The van der Waals surface area contributed by atoms with Gasteiger partial charge in [-0.2, -0.15) is 0 Å². The van der Waals surface area contributed by atoms with E-state index in [1.807, 2.05) is 6.20 Å². The number of rotatable bonds is 6. The van der Waals surface area contributed by atoms with Crippen molar-refractivity contribution in [1.82, 2.24) is 14.9 Å². The van der Waals surface area contributed by atoms with Crippen LogP contribution < -0.4 is 5.32 Å². The smallest absolute Gasteiger partial charge is 0.108 e. The molecule has 1 heterocycles. The topological polar surface area (TPSA) is 29.9 Å². The van der Waals surface area contributed by atoms with Crippen LogP contribution in [0.15, 0.2) is 12.4 Å². The molecule has 0 aliphatic rings. The van der Waals surface area contributed by atoms with E-state index in [2.05, 4.69) is 48.8 Å². The van der Waals surface area contributed by atoms with Crippen molar-refractivity contribution in [2.75, 3.05) is 6.54 Å². The van der Waals surface area contributed by atoms with Crippen molar-refractivity contribution in [2.24, 2.45) is 5.92 Å². The first kappa shape index (κ1) is 12.2. The molecule has 0 aliphatic heterocycles. The van der Waals surface area contributed by atoms with Gasteiger partial charge < -0.3 is 9.88 Å². The Hall–Kier alpha value is -0.830. The van der Waals surface area contributed by atoms with Crippen molar-refractivity contribution in [2.45, 2.75) is 46.7 Å². The van der Waals surface area contributed by atoms with Gasteiger partial charge in [-0.3, -0.25) is 0 Å². The molecule has 1 aromatic heterocycles. The Kier molecular flexibility index (Phi) is 4.82. The number of aryl methyl sites for hydroxylation is 1. The Morgan fingerprint density at radius 2 is 2.13 bits per heavy atom. The predicted molar refractivity (Wildman–Crippen MR) is 63.9 cm³/mol. The quantitative estimate of drug-likeness (QED) is 0.777. The fourth-order valence-corrected chi connectivity index (χ4v) is 1.66. The molecule has 1 unspecified atom stereocenters. The van der Waals surface area contributed by atoms with Crippen LogP contribution in [0.3, 0.4) is 0 Å². The van der Waals surface area contributed by atoms with Crippen molar-refractivity contribution < 1.29 is 0 Å². The van der Waals surface area contributed by atoms with Crippen LogP contribution in [-0.2, 0) is 13.0 Å². The normalized spacial score (nSPS) is 13.4. The molecule has 0 bridgehead atoms. The third-order valence-electron chi connectivity index (χ3n) is 2.50. The number of hydrogen-bond acceptors (Lipinski definition) is 2. The molecule has 0 amide bonds. The van der Waals surface area contributed by atoms with Gasteiger partial charge >= 0.3 is 0 Å². The maximum atomic E-state index is 4.33. The Labute approximate surface area is 92.9 Å². The molecule has 3 heteroatoms. The molecular weight excluding hydrogens is 186 g/mol. The lowest BCUT2D eigenvalue weighted by molar-refractivity contribution is 0.419. The maximum Gasteiger partial charge on any atom is 0.108 e. The molecule has 1 rings (SSSR count). The molecule has 3 nitrogen and oxygen atoms in total. The molecule has 0 spiro atoms. The first-order valence-electron chi connectivity index (χ1n) is 5.86. The third-order valence-corrected chi connectivity index (χ3v) is 2.50. The van der Waals surface area contributed by atoms with Gasteiger partial charge in [0, 0.05) is 31.4 Å². The van der Waals surface area contributed by atoms with Gasteiger partial charge in [-0.15, -0.1) is 0 Å². The van der Waals surface area contributed by atoms with Crippen LogP contribution in [0.4, 0.5) is 0 Å². The SMILES string of the molecule is CCc1nccn1CC(C)CNC(C)C. The molecule has 86 valence electrons. The molecule has 0 radical (unpaired) electrons. The van der Waals surface area contributed by atoms with Gasteiger partial charge in [0.15, 0.2) is 0 Å². The largest absolute Gasteiger partial charge is 0.335 e. The lowest BCUT2D eigenvalue weighted by atomic mass is 10.1. The van der Waals surface area contributed by atoms with E-state index < -0.39 is 0 Å². The van der Waals surface area contributed by atoms with E-state index in [9.17, 15) is 0 Å². The molecule has 0 aliphatic carbocycles. The molecule has 15 heavy (non-hydrogen) atoms. The summed E-state index contributed by atoms with van der Waals surface area (Å²) in [5, 5.41) is 3.46. The van der Waals surface area contributed by atoms with Crippen molar-refractivity contribution in [1.29, 1.82) is 0 Å². The second kappa shape index (κ2) is 5.91. The lowest BCUT2D eigenvalue weighted by Crippen LogP contribution is -2.29. The van der Waals surface area contributed by atoms with Gasteiger partial charge in [-0.25, -0.2) is 4.98 Å². The first-order valence-corrected chi connectivity index (χ1v) is 5.86. The highest BCUT2D eigenvalue weighted by atomic mass is 15.1. The predicted octanol–water partition coefficient (Wildman–Crippen LogP) is 2.08. The Bertz CT molecular complexity index is 278. The van der Waals surface area contributed by atoms with Crippen LogP contribution in [0.5, 0.6) is 0 Å². The molecular formula is C12H23N3. The zero-order valence-corrected chi connectivity index (χ0v) is 10.3. The fraction of sp³-hybridized carbons (Fsp3) is 0.750. The van der Waals surface area contributed by atoms with Crippen LogP contribution in [-0.4, -0.2) is 22.1 Å². The van der Waals surface area contributed by atoms with E-state index in [4.69, 9.17) is 0 Å². The minimum Gasteiger partial charge on any atom is -0.335 e. The summed E-state index contributed by atoms with van der Waals surface area (Å²) in [6.07, 6.45) is 4.98. The Morgan fingerprint density at radius 1 is 1.40 bits per heavy atom. The Balaban J connectivity index is 2.40. The van der Waals surface area contributed by atoms with Gasteiger partial charge in [0.05, 0.1) is 0 Å². The summed E-state index contributed by atoms with van der Waals surface area (Å²) >= 11 is 0. The second-order valence-corrected chi connectivity index (χ2v) is 4.52. The van der Waals surface area contributed by atoms with Crippen LogP contribution >= 0.6 is 0 Å². The average Bonchev–Trinajstić information content (AvgIpc) is 2.62. The zero-order valence-electron chi connectivity index (χ0n) is 10.3. The summed E-state index contributed by atoms with van der Waals surface area (Å²) in [7, 11) is 0. The summed E-state index contributed by atoms with van der Waals surface area (Å²) in [6, 6.07) is 0.570. The summed E-state index contributed by atoms with van der Waals surface area (Å²) in [5.41, 5.74) is 0. The highest BCUT2D eigenvalue weighted by Gasteiger charge is 2.06. The van der Waals surface area contributed by atoms with Gasteiger partial charge in [-0.05, 0) is 12.5 Å². The van der Waals surface area contributed by atoms with Gasteiger partial charge in [0.25, 0.3) is 0 Å². The number of nitrogens with zero attached hydrogens (tertiary/aromatic N) is 2. The summed E-state index contributed by atoms with van der Waals surface area (Å²) < 4.78 is 2.26. The van der Waals surface area contributed by atoms with Crippen LogP contribution in [0.1, 0.15) is 33.5 Å². The molecule has 0 saturated carbocycles. The van der Waals surface area contributed by atoms with Gasteiger partial charge in [0.2, 0.25) is 0 Å². The maximum absolute atomic E-state index is 4.33.